The number of guanidine groups is 1. The molecule has 0 aliphatic carbocycles. The normalized spacial score (nSPS) is 22.3. The largest absolute Gasteiger partial charge is 0.381 e. The molecule has 3 rings (SSSR count). The van der Waals surface area contributed by atoms with Crippen LogP contribution in [-0.4, -0.2) is 62.8 Å². The first-order valence-electron chi connectivity index (χ1n) is 10.2. The van der Waals surface area contributed by atoms with E-state index in [0.29, 0.717) is 19.1 Å². The number of nitrogens with one attached hydrogen (secondary N) is 2. The lowest BCUT2D eigenvalue weighted by Gasteiger charge is -2.24. The lowest BCUT2D eigenvalue weighted by molar-refractivity contribution is -0.124. The summed E-state index contributed by atoms with van der Waals surface area (Å²) in [6, 6.07) is 7.85. The highest BCUT2D eigenvalue weighted by Gasteiger charge is 2.23. The fourth-order valence-electron chi connectivity index (χ4n) is 3.59. The van der Waals surface area contributed by atoms with Crippen molar-refractivity contribution in [3.63, 3.8) is 0 Å². The number of carbonyl (C=O) groups excluding carboxylic acids is 1. The molecular formula is C21H32N4O3. The molecule has 7 heteroatoms. The first-order chi connectivity index (χ1) is 13.7. The Bertz CT molecular complexity index is 667. The molecule has 2 aliphatic heterocycles. The van der Waals surface area contributed by atoms with Crippen LogP contribution in [0.1, 0.15) is 31.7 Å². The number of anilines is 1. The van der Waals surface area contributed by atoms with Crippen LogP contribution in [0, 0.1) is 5.92 Å². The van der Waals surface area contributed by atoms with Crippen LogP contribution >= 0.6 is 0 Å². The Labute approximate surface area is 167 Å². The van der Waals surface area contributed by atoms with E-state index < -0.39 is 0 Å². The number of rotatable bonds is 7. The van der Waals surface area contributed by atoms with Crippen molar-refractivity contribution in [3.8, 4) is 0 Å². The van der Waals surface area contributed by atoms with Gasteiger partial charge in [-0.3, -0.25) is 4.79 Å². The molecule has 2 saturated heterocycles. The number of nitrogens with zero attached hydrogens (tertiary/aromatic N) is 2. The number of carbonyl (C=O) groups is 1. The molecule has 0 aromatic heterocycles. The van der Waals surface area contributed by atoms with Crippen molar-refractivity contribution in [1.29, 1.82) is 0 Å². The summed E-state index contributed by atoms with van der Waals surface area (Å²) in [5.74, 6) is 1.39. The number of hydrogen-bond donors (Lipinski definition) is 2. The van der Waals surface area contributed by atoms with Crippen molar-refractivity contribution >= 4 is 17.6 Å². The number of ether oxygens (including phenoxy) is 2. The average molecular weight is 389 g/mol. The molecule has 2 fully saturated rings. The molecule has 28 heavy (non-hydrogen) atoms. The fourth-order valence-corrected chi connectivity index (χ4v) is 3.59. The molecule has 0 radical (unpaired) electrons. The molecule has 0 saturated carbocycles. The Hall–Kier alpha value is -2.12. The van der Waals surface area contributed by atoms with Crippen molar-refractivity contribution in [1.82, 2.24) is 10.2 Å². The zero-order chi connectivity index (χ0) is 19.8. The predicted octanol–water partition coefficient (Wildman–Crippen LogP) is 2.24. The van der Waals surface area contributed by atoms with Crippen LogP contribution in [0.15, 0.2) is 29.3 Å². The standard InChI is InChI=1S/C21H32N4O3/c1-3-22-21(25(2)14-17-9-11-27-15-17)23-13-16-6-4-7-18(12-16)24-20(26)19-8-5-10-28-19/h4,6-7,12,17,19H,3,5,8-11,13-15H2,1-2H3,(H,22,23)(H,24,26). The van der Waals surface area contributed by atoms with Crippen LogP contribution in [0.2, 0.25) is 0 Å². The van der Waals surface area contributed by atoms with Crippen LogP contribution in [0.25, 0.3) is 0 Å². The third-order valence-electron chi connectivity index (χ3n) is 5.08. The van der Waals surface area contributed by atoms with Gasteiger partial charge in [-0.25, -0.2) is 4.99 Å². The number of amides is 1. The van der Waals surface area contributed by atoms with Gasteiger partial charge in [-0.15, -0.1) is 0 Å². The van der Waals surface area contributed by atoms with Gasteiger partial charge in [-0.05, 0) is 43.9 Å². The van der Waals surface area contributed by atoms with Gasteiger partial charge in [0.15, 0.2) is 5.96 Å². The summed E-state index contributed by atoms with van der Waals surface area (Å²) in [6.45, 7) is 6.74. The maximum atomic E-state index is 12.2. The summed E-state index contributed by atoms with van der Waals surface area (Å²) in [5, 5.41) is 6.32. The van der Waals surface area contributed by atoms with Crippen LogP contribution in [-0.2, 0) is 20.8 Å². The van der Waals surface area contributed by atoms with E-state index >= 15 is 0 Å². The Morgan fingerprint density at radius 3 is 2.93 bits per heavy atom. The van der Waals surface area contributed by atoms with Gasteiger partial charge in [0.25, 0.3) is 5.91 Å². The smallest absolute Gasteiger partial charge is 0.253 e. The first kappa shape index (κ1) is 20.6. The average Bonchev–Trinajstić information content (AvgIpc) is 3.39. The molecular weight excluding hydrogens is 356 g/mol. The second-order valence-electron chi connectivity index (χ2n) is 7.47. The molecule has 2 unspecified atom stereocenters. The topological polar surface area (TPSA) is 75.2 Å². The van der Waals surface area contributed by atoms with Gasteiger partial charge in [0.05, 0.1) is 13.2 Å². The van der Waals surface area contributed by atoms with Gasteiger partial charge in [-0.2, -0.15) is 0 Å². The van der Waals surface area contributed by atoms with E-state index in [1.807, 2.05) is 24.3 Å². The van der Waals surface area contributed by atoms with Crippen LogP contribution in [0.3, 0.4) is 0 Å². The highest BCUT2D eigenvalue weighted by atomic mass is 16.5. The molecule has 1 aromatic rings. The van der Waals surface area contributed by atoms with Gasteiger partial charge >= 0.3 is 0 Å². The minimum atomic E-state index is -0.324. The molecule has 2 aliphatic rings. The molecule has 2 N–H and O–H groups in total. The lowest BCUT2D eigenvalue weighted by Crippen LogP contribution is -2.41. The summed E-state index contributed by atoms with van der Waals surface area (Å²) in [4.78, 5) is 19.2. The lowest BCUT2D eigenvalue weighted by atomic mass is 10.1. The molecule has 0 bridgehead atoms. The van der Waals surface area contributed by atoms with E-state index in [4.69, 9.17) is 14.5 Å². The van der Waals surface area contributed by atoms with Crippen molar-refractivity contribution in [2.24, 2.45) is 10.9 Å². The van der Waals surface area contributed by atoms with Crippen molar-refractivity contribution in [2.45, 2.75) is 38.8 Å². The minimum Gasteiger partial charge on any atom is -0.381 e. The fraction of sp³-hybridized carbons (Fsp3) is 0.619. The minimum absolute atomic E-state index is 0.0648. The summed E-state index contributed by atoms with van der Waals surface area (Å²) in [6.07, 6.45) is 2.52. The van der Waals surface area contributed by atoms with Crippen molar-refractivity contribution in [3.05, 3.63) is 29.8 Å². The van der Waals surface area contributed by atoms with Gasteiger partial charge in [0, 0.05) is 45.0 Å². The Morgan fingerprint density at radius 2 is 2.21 bits per heavy atom. The number of hydrogen-bond acceptors (Lipinski definition) is 4. The second kappa shape index (κ2) is 10.4. The Morgan fingerprint density at radius 1 is 1.32 bits per heavy atom. The molecule has 2 heterocycles. The maximum Gasteiger partial charge on any atom is 0.253 e. The molecule has 7 nitrogen and oxygen atoms in total. The molecule has 2 atom stereocenters. The van der Waals surface area contributed by atoms with Gasteiger partial charge in [0.2, 0.25) is 0 Å². The predicted molar refractivity (Wildman–Crippen MR) is 110 cm³/mol. The third kappa shape index (κ3) is 5.94. The number of aliphatic imine (C=N–C) groups is 1. The molecule has 1 aromatic carbocycles. The summed E-state index contributed by atoms with van der Waals surface area (Å²) >= 11 is 0. The molecule has 0 spiro atoms. The quantitative estimate of drug-likeness (QED) is 0.553. The van der Waals surface area contributed by atoms with Crippen LogP contribution < -0.4 is 10.6 Å². The van der Waals surface area contributed by atoms with Crippen LogP contribution in [0.4, 0.5) is 5.69 Å². The number of benzene rings is 1. The summed E-state index contributed by atoms with van der Waals surface area (Å²) < 4.78 is 10.9. The Balaban J connectivity index is 1.59. The SMILES string of the molecule is CCNC(=NCc1cccc(NC(=O)C2CCCO2)c1)N(C)CC1CCOC1. The van der Waals surface area contributed by atoms with Gasteiger partial charge < -0.3 is 25.0 Å². The monoisotopic (exact) mass is 388 g/mol. The zero-order valence-corrected chi connectivity index (χ0v) is 16.9. The Kier molecular flexibility index (Phi) is 7.68. The van der Waals surface area contributed by atoms with Crippen molar-refractivity contribution in [2.75, 3.05) is 45.3 Å². The first-order valence-corrected chi connectivity index (χ1v) is 10.2. The highest BCUT2D eigenvalue weighted by molar-refractivity contribution is 5.94. The van der Waals surface area contributed by atoms with E-state index in [2.05, 4.69) is 29.5 Å². The van der Waals surface area contributed by atoms with E-state index in [9.17, 15) is 4.79 Å². The van der Waals surface area contributed by atoms with E-state index in [1.54, 1.807) is 0 Å². The molecule has 1 amide bonds. The highest BCUT2D eigenvalue weighted by Crippen LogP contribution is 2.17. The molecule has 154 valence electrons. The van der Waals surface area contributed by atoms with Crippen molar-refractivity contribution < 1.29 is 14.3 Å². The summed E-state index contributed by atoms with van der Waals surface area (Å²) in [7, 11) is 2.07. The van der Waals surface area contributed by atoms with Gasteiger partial charge in [-0.1, -0.05) is 12.1 Å². The van der Waals surface area contributed by atoms with E-state index in [1.165, 1.54) is 0 Å². The second-order valence-corrected chi connectivity index (χ2v) is 7.47. The maximum absolute atomic E-state index is 12.2. The van der Waals surface area contributed by atoms with E-state index in [0.717, 1.165) is 62.8 Å². The third-order valence-corrected chi connectivity index (χ3v) is 5.08. The summed E-state index contributed by atoms with van der Waals surface area (Å²) in [5.41, 5.74) is 1.84. The van der Waals surface area contributed by atoms with Gasteiger partial charge in [0.1, 0.15) is 6.10 Å². The van der Waals surface area contributed by atoms with Crippen LogP contribution in [0.5, 0.6) is 0 Å². The zero-order valence-electron chi connectivity index (χ0n) is 16.9. The van der Waals surface area contributed by atoms with E-state index in [-0.39, 0.29) is 12.0 Å².